The molecule has 9 heavy (non-hydrogen) atoms. The maximum Gasteiger partial charge on any atom is 0.303 e. The summed E-state index contributed by atoms with van der Waals surface area (Å²) in [6.07, 6.45) is 5.33. The van der Waals surface area contributed by atoms with Crippen molar-refractivity contribution >= 4 is 5.97 Å². The van der Waals surface area contributed by atoms with Gasteiger partial charge in [-0.1, -0.05) is 12.2 Å². The van der Waals surface area contributed by atoms with Crippen LogP contribution in [0.25, 0.3) is 0 Å². The van der Waals surface area contributed by atoms with Gasteiger partial charge in [-0.05, 0) is 19.8 Å². The van der Waals surface area contributed by atoms with Crippen molar-refractivity contribution < 1.29 is 9.90 Å². The van der Waals surface area contributed by atoms with Gasteiger partial charge in [-0.3, -0.25) is 4.79 Å². The third-order valence-electron chi connectivity index (χ3n) is 0.928. The molecule has 0 aliphatic rings. The number of rotatable bonds is 4. The van der Waals surface area contributed by atoms with Gasteiger partial charge in [0.15, 0.2) is 0 Å². The monoisotopic (exact) mass is 127 g/mol. The molecule has 2 heteroatoms. The van der Waals surface area contributed by atoms with E-state index < -0.39 is 5.97 Å². The SMILES string of the molecule is [CH2]/C=C/CCCC(=O)O. The van der Waals surface area contributed by atoms with Crippen molar-refractivity contribution in [2.75, 3.05) is 0 Å². The zero-order valence-electron chi connectivity index (χ0n) is 5.34. The third kappa shape index (κ3) is 7.21. The first-order valence-corrected chi connectivity index (χ1v) is 2.93. The molecule has 1 N–H and O–H groups in total. The topological polar surface area (TPSA) is 37.3 Å². The second-order valence-corrected chi connectivity index (χ2v) is 1.76. The Morgan fingerprint density at radius 1 is 1.67 bits per heavy atom. The number of aliphatic carboxylic acids is 1. The van der Waals surface area contributed by atoms with Crippen LogP contribution in [0.4, 0.5) is 0 Å². The summed E-state index contributed by atoms with van der Waals surface area (Å²) in [5.74, 6) is -0.729. The lowest BCUT2D eigenvalue weighted by atomic mass is 10.2. The quantitative estimate of drug-likeness (QED) is 0.583. The molecular weight excluding hydrogens is 116 g/mol. The molecule has 0 amide bonds. The first kappa shape index (κ1) is 8.21. The summed E-state index contributed by atoms with van der Waals surface area (Å²) in [5, 5.41) is 8.17. The lowest BCUT2D eigenvalue weighted by molar-refractivity contribution is -0.137. The van der Waals surface area contributed by atoms with Crippen LogP contribution in [0.1, 0.15) is 19.3 Å². The van der Waals surface area contributed by atoms with Crippen molar-refractivity contribution in [3.05, 3.63) is 19.1 Å². The predicted octanol–water partition coefficient (Wildman–Crippen LogP) is 1.63. The predicted molar refractivity (Wildman–Crippen MR) is 36.0 cm³/mol. The van der Waals surface area contributed by atoms with Gasteiger partial charge in [-0.15, -0.1) is 0 Å². The van der Waals surface area contributed by atoms with Gasteiger partial charge in [0.2, 0.25) is 0 Å². The van der Waals surface area contributed by atoms with E-state index in [2.05, 4.69) is 6.92 Å². The number of carboxylic acid groups (broad SMARTS) is 1. The maximum atomic E-state index is 9.92. The van der Waals surface area contributed by atoms with Gasteiger partial charge in [0.25, 0.3) is 0 Å². The molecule has 0 bridgehead atoms. The van der Waals surface area contributed by atoms with Crippen LogP contribution < -0.4 is 0 Å². The smallest absolute Gasteiger partial charge is 0.303 e. The van der Waals surface area contributed by atoms with Crippen molar-refractivity contribution in [2.45, 2.75) is 19.3 Å². The second-order valence-electron chi connectivity index (χ2n) is 1.76. The van der Waals surface area contributed by atoms with E-state index in [1.807, 2.05) is 6.08 Å². The molecule has 0 aliphatic carbocycles. The van der Waals surface area contributed by atoms with Crippen molar-refractivity contribution in [1.29, 1.82) is 0 Å². The van der Waals surface area contributed by atoms with Crippen LogP contribution in [0.2, 0.25) is 0 Å². The Kier molecular flexibility index (Phi) is 4.88. The Hall–Kier alpha value is -0.790. The molecule has 0 aromatic carbocycles. The summed E-state index contributed by atoms with van der Waals surface area (Å²) in [6.45, 7) is 3.47. The normalized spacial score (nSPS) is 10.3. The molecule has 2 nitrogen and oxygen atoms in total. The van der Waals surface area contributed by atoms with E-state index in [9.17, 15) is 4.79 Å². The molecule has 0 spiro atoms. The van der Waals surface area contributed by atoms with E-state index in [-0.39, 0.29) is 6.42 Å². The van der Waals surface area contributed by atoms with E-state index in [1.165, 1.54) is 0 Å². The average Bonchev–Trinajstić information content (AvgIpc) is 1.80. The Morgan fingerprint density at radius 3 is 2.78 bits per heavy atom. The van der Waals surface area contributed by atoms with Gasteiger partial charge in [-0.25, -0.2) is 0 Å². The fourth-order valence-corrected chi connectivity index (χ4v) is 0.489. The minimum Gasteiger partial charge on any atom is -0.481 e. The van der Waals surface area contributed by atoms with Gasteiger partial charge in [0.05, 0.1) is 0 Å². The van der Waals surface area contributed by atoms with Crippen LogP contribution in [0.3, 0.4) is 0 Å². The molecule has 0 atom stereocenters. The molecule has 0 aromatic rings. The van der Waals surface area contributed by atoms with E-state index >= 15 is 0 Å². The minimum atomic E-state index is -0.729. The Balaban J connectivity index is 3.01. The third-order valence-corrected chi connectivity index (χ3v) is 0.928. The van der Waals surface area contributed by atoms with E-state index in [0.717, 1.165) is 6.42 Å². The van der Waals surface area contributed by atoms with Gasteiger partial charge >= 0.3 is 5.97 Å². The number of unbranched alkanes of at least 4 members (excludes halogenated alkanes) is 1. The average molecular weight is 127 g/mol. The first-order valence-electron chi connectivity index (χ1n) is 2.93. The van der Waals surface area contributed by atoms with Crippen LogP contribution >= 0.6 is 0 Å². The number of hydrogen-bond acceptors (Lipinski definition) is 1. The molecule has 1 radical (unpaired) electrons. The molecule has 0 aliphatic heterocycles. The molecule has 0 rings (SSSR count). The molecule has 0 fully saturated rings. The molecule has 0 unspecified atom stereocenters. The highest BCUT2D eigenvalue weighted by Crippen LogP contribution is 1.95. The van der Waals surface area contributed by atoms with E-state index in [1.54, 1.807) is 6.08 Å². The molecule has 0 heterocycles. The number of carboxylic acids is 1. The Labute approximate surface area is 55.2 Å². The summed E-state index contributed by atoms with van der Waals surface area (Å²) in [7, 11) is 0. The van der Waals surface area contributed by atoms with Crippen LogP contribution in [0, 0.1) is 6.92 Å². The lowest BCUT2D eigenvalue weighted by Gasteiger charge is -1.88. The molecule has 0 aromatic heterocycles. The fraction of sp³-hybridized carbons (Fsp3) is 0.429. The zero-order valence-corrected chi connectivity index (χ0v) is 5.34. The molecular formula is C7H11O2. The van der Waals surface area contributed by atoms with Crippen molar-refractivity contribution in [3.8, 4) is 0 Å². The summed E-state index contributed by atoms with van der Waals surface area (Å²) in [5.41, 5.74) is 0. The minimum absolute atomic E-state index is 0.254. The molecule has 0 saturated carbocycles. The second kappa shape index (κ2) is 5.35. The molecule has 51 valence electrons. The van der Waals surface area contributed by atoms with Gasteiger partial charge in [0.1, 0.15) is 0 Å². The van der Waals surface area contributed by atoms with Crippen LogP contribution in [-0.4, -0.2) is 11.1 Å². The Morgan fingerprint density at radius 2 is 2.33 bits per heavy atom. The summed E-state index contributed by atoms with van der Waals surface area (Å²) < 4.78 is 0. The van der Waals surface area contributed by atoms with Crippen LogP contribution in [-0.2, 0) is 4.79 Å². The van der Waals surface area contributed by atoms with E-state index in [0.29, 0.717) is 6.42 Å². The van der Waals surface area contributed by atoms with Gasteiger partial charge in [-0.2, -0.15) is 0 Å². The summed E-state index contributed by atoms with van der Waals surface area (Å²) in [4.78, 5) is 9.92. The zero-order chi connectivity index (χ0) is 7.11. The van der Waals surface area contributed by atoms with Crippen LogP contribution in [0.15, 0.2) is 12.2 Å². The van der Waals surface area contributed by atoms with Gasteiger partial charge in [0, 0.05) is 6.42 Å². The highest BCUT2D eigenvalue weighted by Gasteiger charge is 1.92. The largest absolute Gasteiger partial charge is 0.481 e. The Bertz CT molecular complexity index is 105. The number of carbonyl (C=O) groups is 1. The van der Waals surface area contributed by atoms with E-state index in [4.69, 9.17) is 5.11 Å². The first-order chi connectivity index (χ1) is 4.27. The van der Waals surface area contributed by atoms with Gasteiger partial charge < -0.3 is 5.11 Å². The highest BCUT2D eigenvalue weighted by molar-refractivity contribution is 5.66. The standard InChI is InChI=1S/C7H11O2/c1-2-3-4-5-6-7(8)9/h2-3H,1,4-6H2,(H,8,9)/b3-2+. The highest BCUT2D eigenvalue weighted by atomic mass is 16.4. The number of allylic oxidation sites excluding steroid dienone is 2. The maximum absolute atomic E-state index is 9.92. The summed E-state index contributed by atoms with van der Waals surface area (Å²) in [6, 6.07) is 0. The molecule has 0 saturated heterocycles. The van der Waals surface area contributed by atoms with Crippen LogP contribution in [0.5, 0.6) is 0 Å². The van der Waals surface area contributed by atoms with Crippen molar-refractivity contribution in [1.82, 2.24) is 0 Å². The lowest BCUT2D eigenvalue weighted by Crippen LogP contribution is -1.92. The summed E-state index contributed by atoms with van der Waals surface area (Å²) >= 11 is 0. The fourth-order valence-electron chi connectivity index (χ4n) is 0.489. The number of hydrogen-bond donors (Lipinski definition) is 1. The van der Waals surface area contributed by atoms with Crippen molar-refractivity contribution in [2.24, 2.45) is 0 Å². The van der Waals surface area contributed by atoms with Crippen molar-refractivity contribution in [3.63, 3.8) is 0 Å².